The molecule has 0 saturated carbocycles. The van der Waals surface area contributed by atoms with E-state index < -0.39 is 20.0 Å². The Morgan fingerprint density at radius 3 is 1.17 bits per heavy atom. The number of unbranched alkanes of at least 4 members (excludes halogenated alkanes) is 38. The van der Waals surface area contributed by atoms with Gasteiger partial charge < -0.3 is 19.8 Å². The molecular weight excluding hydrogens is 948 g/mol. The summed E-state index contributed by atoms with van der Waals surface area (Å²) < 4.78 is 23.8. The van der Waals surface area contributed by atoms with Gasteiger partial charge in [0.1, 0.15) is 13.2 Å². The summed E-state index contributed by atoms with van der Waals surface area (Å²) in [6.07, 6.45) is 77.7. The molecule has 3 atom stereocenters. The first-order valence-corrected chi connectivity index (χ1v) is 33.7. The van der Waals surface area contributed by atoms with Crippen LogP contribution in [-0.2, 0) is 18.4 Å². The van der Waals surface area contributed by atoms with Gasteiger partial charge in [-0.05, 0) is 57.8 Å². The van der Waals surface area contributed by atoms with Crippen LogP contribution in [-0.4, -0.2) is 73.4 Å². The molecule has 0 aromatic rings. The van der Waals surface area contributed by atoms with Crippen LogP contribution in [0.15, 0.2) is 60.8 Å². The molecule has 0 rings (SSSR count). The molecule has 3 unspecified atom stereocenters. The Kier molecular flexibility index (Phi) is 55.5. The number of likely N-dealkylation sites (N-methyl/N-ethyl adjacent to an activating group) is 1. The topological polar surface area (TPSA) is 105 Å². The fraction of sp³-hybridized carbons (Fsp3) is 0.833. The van der Waals surface area contributed by atoms with Crippen LogP contribution < -0.4 is 5.32 Å². The number of quaternary nitrogens is 1. The van der Waals surface area contributed by atoms with Crippen molar-refractivity contribution in [2.24, 2.45) is 0 Å². The van der Waals surface area contributed by atoms with Crippen LogP contribution in [0.25, 0.3) is 0 Å². The molecule has 440 valence electrons. The molecule has 1 amide bonds. The lowest BCUT2D eigenvalue weighted by Crippen LogP contribution is -2.45. The van der Waals surface area contributed by atoms with Crippen LogP contribution in [0.3, 0.4) is 0 Å². The Morgan fingerprint density at radius 1 is 0.467 bits per heavy atom. The molecule has 0 spiro atoms. The van der Waals surface area contributed by atoms with Gasteiger partial charge in [-0.15, -0.1) is 0 Å². The summed E-state index contributed by atoms with van der Waals surface area (Å²) >= 11 is 0. The molecular formula is C66H126N2O6P+. The molecule has 0 bridgehead atoms. The second-order valence-electron chi connectivity index (χ2n) is 23.1. The number of nitrogens with one attached hydrogen (secondary N) is 1. The Hall–Kier alpha value is -1.80. The third-order valence-electron chi connectivity index (χ3n) is 14.5. The molecule has 8 nitrogen and oxygen atoms in total. The Balaban J connectivity index is 4.05. The molecule has 0 saturated heterocycles. The van der Waals surface area contributed by atoms with Gasteiger partial charge >= 0.3 is 7.82 Å². The zero-order chi connectivity index (χ0) is 54.9. The lowest BCUT2D eigenvalue weighted by molar-refractivity contribution is -0.870. The second-order valence-corrected chi connectivity index (χ2v) is 24.6. The van der Waals surface area contributed by atoms with Crippen molar-refractivity contribution >= 4 is 13.7 Å². The second kappa shape index (κ2) is 56.9. The van der Waals surface area contributed by atoms with Crippen LogP contribution in [0.2, 0.25) is 0 Å². The molecule has 0 aromatic heterocycles. The lowest BCUT2D eigenvalue weighted by Gasteiger charge is -2.25. The molecule has 9 heteroatoms. The van der Waals surface area contributed by atoms with Crippen LogP contribution in [0.4, 0.5) is 0 Å². The van der Waals surface area contributed by atoms with Crippen LogP contribution in [0.1, 0.15) is 303 Å². The molecule has 0 aliphatic carbocycles. The predicted molar refractivity (Wildman–Crippen MR) is 327 cm³/mol. The number of allylic oxidation sites excluding steroid dienone is 9. The van der Waals surface area contributed by atoms with E-state index >= 15 is 0 Å². The zero-order valence-electron chi connectivity index (χ0n) is 50.3. The van der Waals surface area contributed by atoms with Crippen molar-refractivity contribution in [2.45, 2.75) is 315 Å². The number of hydrogen-bond donors (Lipinski definition) is 3. The number of amides is 1. The first-order chi connectivity index (χ1) is 36.5. The average Bonchev–Trinajstić information content (AvgIpc) is 3.37. The van der Waals surface area contributed by atoms with Crippen molar-refractivity contribution in [2.75, 3.05) is 40.9 Å². The largest absolute Gasteiger partial charge is 0.472 e. The number of aliphatic hydroxyl groups is 1. The number of aliphatic hydroxyl groups excluding tert-OH is 1. The number of carbonyl (C=O) groups excluding carboxylic acids is 1. The summed E-state index contributed by atoms with van der Waals surface area (Å²) in [5.41, 5.74) is 0. The molecule has 75 heavy (non-hydrogen) atoms. The van der Waals surface area contributed by atoms with E-state index in [4.69, 9.17) is 9.05 Å². The summed E-state index contributed by atoms with van der Waals surface area (Å²) in [5, 5.41) is 14.0. The third-order valence-corrected chi connectivity index (χ3v) is 15.5. The molecule has 0 aliphatic heterocycles. The van der Waals surface area contributed by atoms with Crippen molar-refractivity contribution < 1.29 is 32.9 Å². The van der Waals surface area contributed by atoms with Crippen molar-refractivity contribution in [3.05, 3.63) is 60.8 Å². The minimum atomic E-state index is -4.35. The predicted octanol–water partition coefficient (Wildman–Crippen LogP) is 20.0. The first-order valence-electron chi connectivity index (χ1n) is 32.2. The Morgan fingerprint density at radius 2 is 0.800 bits per heavy atom. The average molecular weight is 1070 g/mol. The van der Waals surface area contributed by atoms with E-state index in [0.717, 1.165) is 64.2 Å². The van der Waals surface area contributed by atoms with Crippen LogP contribution >= 0.6 is 7.82 Å². The SMILES string of the molecule is CC/C=C\C/C=C\C/C=C\C/C=C\CCCCCCCCCCCCCCCCCCCCCCC(=O)NC(COP(=O)(O)OCC[N+](C)(C)C)C(O)/C=C/CCCCCCCCCCCCCCCCCCCC. The van der Waals surface area contributed by atoms with Crippen molar-refractivity contribution in [1.29, 1.82) is 0 Å². The van der Waals surface area contributed by atoms with E-state index in [9.17, 15) is 19.4 Å². The molecule has 3 N–H and O–H groups in total. The number of phosphoric ester groups is 1. The summed E-state index contributed by atoms with van der Waals surface area (Å²) in [6, 6.07) is -0.847. The van der Waals surface area contributed by atoms with Gasteiger partial charge in [-0.25, -0.2) is 4.57 Å². The number of phosphoric acid groups is 1. The third kappa shape index (κ3) is 59.7. The van der Waals surface area contributed by atoms with Gasteiger partial charge in [-0.3, -0.25) is 13.8 Å². The minimum Gasteiger partial charge on any atom is -0.387 e. The Bertz CT molecular complexity index is 1400. The van der Waals surface area contributed by atoms with Gasteiger partial charge in [-0.1, -0.05) is 299 Å². The highest BCUT2D eigenvalue weighted by atomic mass is 31.2. The Labute approximate surface area is 466 Å². The van der Waals surface area contributed by atoms with Crippen LogP contribution in [0, 0.1) is 0 Å². The van der Waals surface area contributed by atoms with E-state index in [1.807, 2.05) is 27.2 Å². The van der Waals surface area contributed by atoms with Gasteiger partial charge in [0.25, 0.3) is 0 Å². The zero-order valence-corrected chi connectivity index (χ0v) is 51.2. The van der Waals surface area contributed by atoms with E-state index in [1.165, 1.54) is 218 Å². The fourth-order valence-corrected chi connectivity index (χ4v) is 10.2. The van der Waals surface area contributed by atoms with E-state index in [0.29, 0.717) is 17.4 Å². The summed E-state index contributed by atoms with van der Waals surface area (Å²) in [5.74, 6) is -0.173. The normalized spacial score (nSPS) is 14.2. The van der Waals surface area contributed by atoms with Gasteiger partial charge in [0.2, 0.25) is 5.91 Å². The summed E-state index contributed by atoms with van der Waals surface area (Å²) in [4.78, 5) is 23.4. The minimum absolute atomic E-state index is 0.0622. The van der Waals surface area contributed by atoms with Crippen molar-refractivity contribution in [3.8, 4) is 0 Å². The maximum atomic E-state index is 13.0. The maximum absolute atomic E-state index is 13.0. The first kappa shape index (κ1) is 73.2. The maximum Gasteiger partial charge on any atom is 0.472 e. The van der Waals surface area contributed by atoms with E-state index in [1.54, 1.807) is 6.08 Å². The van der Waals surface area contributed by atoms with Crippen molar-refractivity contribution in [1.82, 2.24) is 5.32 Å². The number of carbonyl (C=O) groups is 1. The summed E-state index contributed by atoms with van der Waals surface area (Å²) in [6.45, 7) is 4.74. The van der Waals surface area contributed by atoms with Gasteiger partial charge in [-0.2, -0.15) is 0 Å². The van der Waals surface area contributed by atoms with Gasteiger partial charge in [0, 0.05) is 6.42 Å². The highest BCUT2D eigenvalue weighted by molar-refractivity contribution is 7.47. The molecule has 0 fully saturated rings. The van der Waals surface area contributed by atoms with E-state index in [-0.39, 0.29) is 19.1 Å². The molecule has 0 aliphatic rings. The quantitative estimate of drug-likeness (QED) is 0.0243. The van der Waals surface area contributed by atoms with E-state index in [2.05, 4.69) is 67.8 Å². The lowest BCUT2D eigenvalue weighted by atomic mass is 10.0. The highest BCUT2D eigenvalue weighted by Gasteiger charge is 2.28. The molecule has 0 aromatic carbocycles. The monoisotopic (exact) mass is 1070 g/mol. The number of rotatable bonds is 59. The standard InChI is InChI=1S/C66H125N2O6P/c1-6-8-10-12-14-16-18-20-22-24-26-28-29-30-31-32-33-34-35-36-37-38-39-40-42-44-46-48-50-52-54-56-58-60-66(70)67-64(63-74-75(71,72)73-62-61-68(3,4)5)65(69)59-57-55-53-51-49-47-45-43-41-27-25-23-21-19-17-15-13-11-9-7-2/h8,10,14,16,20,22,26,28,57,59,64-65,69H,6-7,9,11-13,15,17-19,21,23-25,27,29-56,58,60-63H2,1-5H3,(H-,67,70,71,72)/p+1/b10-8-,16-14-,22-20-,28-26-,59-57+. The molecule has 0 radical (unpaired) electrons. The van der Waals surface area contributed by atoms with Crippen LogP contribution in [0.5, 0.6) is 0 Å². The summed E-state index contributed by atoms with van der Waals surface area (Å²) in [7, 11) is 1.58. The highest BCUT2D eigenvalue weighted by Crippen LogP contribution is 2.43. The fourth-order valence-electron chi connectivity index (χ4n) is 9.51. The van der Waals surface area contributed by atoms with Gasteiger partial charge in [0.15, 0.2) is 0 Å². The number of hydrogen-bond acceptors (Lipinski definition) is 5. The van der Waals surface area contributed by atoms with Crippen molar-refractivity contribution in [3.63, 3.8) is 0 Å². The molecule has 0 heterocycles. The van der Waals surface area contributed by atoms with Gasteiger partial charge in [0.05, 0.1) is 39.9 Å². The number of nitrogens with zero attached hydrogens (tertiary/aromatic N) is 1. The smallest absolute Gasteiger partial charge is 0.387 e.